The number of sulfonamides is 1. The average Bonchev–Trinajstić information content (AvgIpc) is 3.56. The molecule has 1 atom stereocenters. The number of nitrogens with zero attached hydrogens (tertiary/aromatic N) is 2. The normalized spacial score (nSPS) is 14.1. The second-order valence-electron chi connectivity index (χ2n) is 11.6. The van der Waals surface area contributed by atoms with Gasteiger partial charge in [-0.25, -0.2) is 12.8 Å². The number of rotatable bonds is 12. The number of carbonyl (C=O) groups excluding carboxylic acids is 2. The third kappa shape index (κ3) is 8.41. The maximum atomic E-state index is 14.5. The van der Waals surface area contributed by atoms with Gasteiger partial charge in [0.15, 0.2) is 0 Å². The van der Waals surface area contributed by atoms with Gasteiger partial charge in [-0.2, -0.15) is 0 Å². The lowest BCUT2D eigenvalue weighted by molar-refractivity contribution is -0.140. The van der Waals surface area contributed by atoms with E-state index in [9.17, 15) is 22.4 Å². The van der Waals surface area contributed by atoms with Crippen molar-refractivity contribution in [3.05, 3.63) is 130 Å². The van der Waals surface area contributed by atoms with Crippen LogP contribution in [0.3, 0.4) is 0 Å². The average molecular weight is 707 g/mol. The Morgan fingerprint density at radius 1 is 0.891 bits per heavy atom. The van der Waals surface area contributed by atoms with E-state index in [2.05, 4.69) is 21.2 Å². The molecule has 0 aliphatic heterocycles. The minimum atomic E-state index is -4.20. The second-order valence-corrected chi connectivity index (χ2v) is 14.4. The van der Waals surface area contributed by atoms with E-state index in [0.29, 0.717) is 15.7 Å². The van der Waals surface area contributed by atoms with Crippen LogP contribution in [0.2, 0.25) is 0 Å². The molecule has 7 nitrogen and oxygen atoms in total. The summed E-state index contributed by atoms with van der Waals surface area (Å²) in [5.41, 5.74) is 2.64. The Labute approximate surface area is 278 Å². The summed E-state index contributed by atoms with van der Waals surface area (Å²) in [6, 6.07) is 27.4. The van der Waals surface area contributed by atoms with Gasteiger partial charge in [-0.3, -0.25) is 13.9 Å². The zero-order valence-electron chi connectivity index (χ0n) is 25.6. The van der Waals surface area contributed by atoms with Gasteiger partial charge >= 0.3 is 0 Å². The van der Waals surface area contributed by atoms with Gasteiger partial charge in [-0.1, -0.05) is 95.0 Å². The number of nitrogens with one attached hydrogen (secondary N) is 1. The molecular weight excluding hydrogens is 669 g/mol. The fourth-order valence-electron chi connectivity index (χ4n) is 5.71. The van der Waals surface area contributed by atoms with Gasteiger partial charge in [0.1, 0.15) is 18.4 Å². The van der Waals surface area contributed by atoms with Crippen LogP contribution in [-0.2, 0) is 32.6 Å². The molecule has 5 rings (SSSR count). The number of anilines is 1. The van der Waals surface area contributed by atoms with Gasteiger partial charge in [-0.15, -0.1) is 0 Å². The van der Waals surface area contributed by atoms with Crippen molar-refractivity contribution in [3.63, 3.8) is 0 Å². The predicted octanol–water partition coefficient (Wildman–Crippen LogP) is 6.79. The zero-order chi connectivity index (χ0) is 32.7. The quantitative estimate of drug-likeness (QED) is 0.176. The summed E-state index contributed by atoms with van der Waals surface area (Å²) in [4.78, 5) is 30.1. The SMILES string of the molecule is Cc1ccc(S(=O)(=O)N(CC(=O)N(Cc2ccc(F)cc2)[C@@H](Cc2ccccc2)C(=O)NC2CCCC2)c2cccc(Br)c2)cc1. The van der Waals surface area contributed by atoms with E-state index in [1.165, 1.54) is 29.2 Å². The van der Waals surface area contributed by atoms with Crippen molar-refractivity contribution in [2.24, 2.45) is 0 Å². The molecule has 10 heteroatoms. The Hall–Kier alpha value is -4.02. The lowest BCUT2D eigenvalue weighted by atomic mass is 10.0. The minimum absolute atomic E-state index is 0.00799. The van der Waals surface area contributed by atoms with Crippen LogP contribution in [0, 0.1) is 12.7 Å². The monoisotopic (exact) mass is 705 g/mol. The largest absolute Gasteiger partial charge is 0.352 e. The molecule has 0 spiro atoms. The van der Waals surface area contributed by atoms with E-state index in [-0.39, 0.29) is 29.8 Å². The highest BCUT2D eigenvalue weighted by atomic mass is 79.9. The highest BCUT2D eigenvalue weighted by Gasteiger charge is 2.35. The van der Waals surface area contributed by atoms with Crippen LogP contribution in [0.4, 0.5) is 10.1 Å². The first kappa shape index (κ1) is 33.3. The van der Waals surface area contributed by atoms with Crippen LogP contribution in [0.25, 0.3) is 0 Å². The lowest BCUT2D eigenvalue weighted by Crippen LogP contribution is -2.54. The summed E-state index contributed by atoms with van der Waals surface area (Å²) < 4.78 is 43.9. The van der Waals surface area contributed by atoms with Gasteiger partial charge in [-0.05, 0) is 73.4 Å². The van der Waals surface area contributed by atoms with Crippen LogP contribution in [0.15, 0.2) is 112 Å². The molecule has 4 aromatic rings. The first-order valence-corrected chi connectivity index (χ1v) is 17.6. The summed E-state index contributed by atoms with van der Waals surface area (Å²) in [6.45, 7) is 1.28. The standard InChI is InChI=1S/C36H37BrFN3O4S/c1-26-14-20-33(21-15-26)46(44,45)41(32-13-7-10-29(37)23-32)25-35(42)40(24-28-16-18-30(38)19-17-28)34(22-27-8-3-2-4-9-27)36(43)39-31-11-5-6-12-31/h2-4,7-10,13-21,23,31,34H,5-6,11-12,22,24-25H2,1H3,(H,39,43)/t34-/m0/s1. The third-order valence-corrected chi connectivity index (χ3v) is 10.5. The molecule has 0 unspecified atom stereocenters. The highest BCUT2D eigenvalue weighted by Crippen LogP contribution is 2.28. The van der Waals surface area contributed by atoms with Crippen LogP contribution in [-0.4, -0.2) is 43.8 Å². The second kappa shape index (κ2) is 15.0. The van der Waals surface area contributed by atoms with Crippen molar-refractivity contribution in [1.82, 2.24) is 10.2 Å². The Morgan fingerprint density at radius 2 is 1.57 bits per heavy atom. The van der Waals surface area contributed by atoms with Crippen LogP contribution in [0.5, 0.6) is 0 Å². The van der Waals surface area contributed by atoms with Crippen molar-refractivity contribution in [1.29, 1.82) is 0 Å². The van der Waals surface area contributed by atoms with Gasteiger partial charge in [0.05, 0.1) is 10.6 Å². The van der Waals surface area contributed by atoms with Crippen molar-refractivity contribution in [2.45, 2.75) is 62.6 Å². The smallest absolute Gasteiger partial charge is 0.264 e. The van der Waals surface area contributed by atoms with Crippen molar-refractivity contribution >= 4 is 43.5 Å². The predicted molar refractivity (Wildman–Crippen MR) is 181 cm³/mol. The van der Waals surface area contributed by atoms with E-state index in [1.807, 2.05) is 37.3 Å². The molecule has 1 fully saturated rings. The number of halogens is 2. The topological polar surface area (TPSA) is 86.8 Å². The van der Waals surface area contributed by atoms with Crippen molar-refractivity contribution < 1.29 is 22.4 Å². The van der Waals surface area contributed by atoms with Gasteiger partial charge in [0.25, 0.3) is 10.0 Å². The number of amides is 2. The molecule has 0 bridgehead atoms. The van der Waals surface area contributed by atoms with E-state index >= 15 is 0 Å². The molecular formula is C36H37BrFN3O4S. The molecule has 4 aromatic carbocycles. The number of hydrogen-bond donors (Lipinski definition) is 1. The molecule has 1 saturated carbocycles. The molecule has 0 radical (unpaired) electrons. The van der Waals surface area contributed by atoms with Gasteiger partial charge in [0.2, 0.25) is 11.8 Å². The summed E-state index contributed by atoms with van der Waals surface area (Å²) in [7, 11) is -4.20. The van der Waals surface area contributed by atoms with Crippen LogP contribution >= 0.6 is 15.9 Å². The van der Waals surface area contributed by atoms with E-state index in [0.717, 1.165) is 41.1 Å². The molecule has 2 amide bonds. The summed E-state index contributed by atoms with van der Waals surface area (Å²) in [5.74, 6) is -1.30. The Bertz CT molecular complexity index is 1750. The van der Waals surface area contributed by atoms with E-state index < -0.39 is 34.3 Å². The van der Waals surface area contributed by atoms with Crippen molar-refractivity contribution in [3.8, 4) is 0 Å². The zero-order valence-corrected chi connectivity index (χ0v) is 28.0. The molecule has 240 valence electrons. The highest BCUT2D eigenvalue weighted by molar-refractivity contribution is 9.10. The Balaban J connectivity index is 1.56. The molecule has 46 heavy (non-hydrogen) atoms. The van der Waals surface area contributed by atoms with E-state index in [1.54, 1.807) is 48.5 Å². The fourth-order valence-corrected chi connectivity index (χ4v) is 7.50. The van der Waals surface area contributed by atoms with Gasteiger partial charge in [0, 0.05) is 23.5 Å². The Morgan fingerprint density at radius 3 is 2.22 bits per heavy atom. The van der Waals surface area contributed by atoms with Gasteiger partial charge < -0.3 is 10.2 Å². The number of hydrogen-bond acceptors (Lipinski definition) is 4. The number of carbonyl (C=O) groups is 2. The molecule has 1 N–H and O–H groups in total. The fraction of sp³-hybridized carbons (Fsp3) is 0.278. The third-order valence-electron chi connectivity index (χ3n) is 8.22. The maximum absolute atomic E-state index is 14.5. The first-order valence-electron chi connectivity index (χ1n) is 15.3. The van der Waals surface area contributed by atoms with Crippen molar-refractivity contribution in [2.75, 3.05) is 10.8 Å². The first-order chi connectivity index (χ1) is 22.1. The van der Waals surface area contributed by atoms with Crippen LogP contribution < -0.4 is 9.62 Å². The molecule has 1 aliphatic rings. The molecule has 1 aliphatic carbocycles. The molecule has 0 saturated heterocycles. The lowest BCUT2D eigenvalue weighted by Gasteiger charge is -2.34. The van der Waals surface area contributed by atoms with E-state index in [4.69, 9.17) is 0 Å². The summed E-state index contributed by atoms with van der Waals surface area (Å²) in [6.07, 6.45) is 3.98. The minimum Gasteiger partial charge on any atom is -0.352 e. The maximum Gasteiger partial charge on any atom is 0.264 e. The Kier molecular flexibility index (Phi) is 10.9. The molecule has 0 aromatic heterocycles. The summed E-state index contributed by atoms with van der Waals surface area (Å²) >= 11 is 3.43. The molecule has 0 heterocycles. The van der Waals surface area contributed by atoms with Crippen LogP contribution in [0.1, 0.15) is 42.4 Å². The number of aryl methyl sites for hydroxylation is 1. The number of benzene rings is 4. The summed E-state index contributed by atoms with van der Waals surface area (Å²) in [5, 5.41) is 3.15.